The Morgan fingerprint density at radius 2 is 2.00 bits per heavy atom. The van der Waals surface area contributed by atoms with Crippen LogP contribution in [-0.4, -0.2) is 22.0 Å². The summed E-state index contributed by atoms with van der Waals surface area (Å²) in [5.41, 5.74) is 1.32. The van der Waals surface area contributed by atoms with Gasteiger partial charge in [0.25, 0.3) is 5.91 Å². The van der Waals surface area contributed by atoms with E-state index in [1.165, 1.54) is 18.3 Å². The normalized spacial score (nSPS) is 10.2. The average molecular weight is 370 g/mol. The van der Waals surface area contributed by atoms with E-state index in [9.17, 15) is 9.59 Å². The van der Waals surface area contributed by atoms with Crippen LogP contribution in [-0.2, 0) is 0 Å². The Kier molecular flexibility index (Phi) is 4.59. The van der Waals surface area contributed by atoms with Crippen LogP contribution in [0.4, 0.5) is 5.69 Å². The van der Waals surface area contributed by atoms with Crippen LogP contribution in [0.3, 0.4) is 0 Å². The van der Waals surface area contributed by atoms with Crippen molar-refractivity contribution in [3.05, 3.63) is 56.8 Å². The van der Waals surface area contributed by atoms with E-state index in [0.717, 1.165) is 0 Å². The zero-order chi connectivity index (χ0) is 15.6. The largest absolute Gasteiger partial charge is 0.478 e. The molecule has 0 saturated carbocycles. The highest BCUT2D eigenvalue weighted by atomic mass is 79.9. The summed E-state index contributed by atoms with van der Waals surface area (Å²) in [5, 5.41) is 11.7. The smallest absolute Gasteiger partial charge is 0.336 e. The fourth-order valence-corrected chi connectivity index (χ4v) is 2.23. The number of aromatic nitrogens is 1. The van der Waals surface area contributed by atoms with Crippen molar-refractivity contribution >= 4 is 45.1 Å². The number of carbonyl (C=O) groups excluding carboxylic acids is 1. The quantitative estimate of drug-likeness (QED) is 0.808. The van der Waals surface area contributed by atoms with Crippen LogP contribution in [0.2, 0.25) is 5.15 Å². The van der Waals surface area contributed by atoms with Gasteiger partial charge in [-0.2, -0.15) is 0 Å². The highest BCUT2D eigenvalue weighted by Gasteiger charge is 2.14. The third-order valence-corrected chi connectivity index (χ3v) is 3.51. The van der Waals surface area contributed by atoms with Gasteiger partial charge in [0.2, 0.25) is 0 Å². The first kappa shape index (κ1) is 15.5. The predicted molar refractivity (Wildman–Crippen MR) is 83.0 cm³/mol. The van der Waals surface area contributed by atoms with E-state index in [0.29, 0.717) is 15.7 Å². The molecule has 2 rings (SSSR count). The molecule has 2 N–H and O–H groups in total. The van der Waals surface area contributed by atoms with Crippen molar-refractivity contribution in [2.24, 2.45) is 0 Å². The maximum Gasteiger partial charge on any atom is 0.336 e. The number of carbonyl (C=O) groups is 2. The molecule has 7 heteroatoms. The molecule has 108 valence electrons. The maximum atomic E-state index is 12.1. The number of nitrogens with zero attached hydrogens (tertiary/aromatic N) is 1. The first-order chi connectivity index (χ1) is 9.88. The Hall–Kier alpha value is -1.92. The molecule has 1 amide bonds. The Morgan fingerprint density at radius 3 is 2.67 bits per heavy atom. The number of rotatable bonds is 3. The number of benzene rings is 1. The van der Waals surface area contributed by atoms with E-state index in [1.54, 1.807) is 19.1 Å². The van der Waals surface area contributed by atoms with Gasteiger partial charge in [-0.25, -0.2) is 9.78 Å². The number of carboxylic acid groups (broad SMARTS) is 1. The van der Waals surface area contributed by atoms with Crippen molar-refractivity contribution in [2.45, 2.75) is 6.92 Å². The third-order valence-electron chi connectivity index (χ3n) is 2.78. The fraction of sp³-hybridized carbons (Fsp3) is 0.0714. The summed E-state index contributed by atoms with van der Waals surface area (Å²) < 4.78 is 0.618. The molecule has 1 aromatic heterocycles. The Labute approximate surface area is 134 Å². The zero-order valence-electron chi connectivity index (χ0n) is 10.9. The number of carboxylic acids is 1. The van der Waals surface area contributed by atoms with Crippen LogP contribution in [0.15, 0.2) is 34.9 Å². The molecule has 0 aliphatic carbocycles. The number of aryl methyl sites for hydroxylation is 1. The van der Waals surface area contributed by atoms with Gasteiger partial charge in [-0.3, -0.25) is 4.79 Å². The zero-order valence-corrected chi connectivity index (χ0v) is 13.2. The molecule has 1 aromatic carbocycles. The SMILES string of the molecule is Cc1ccc(NC(=O)c2cc(Br)cnc2Cl)cc1C(=O)O. The number of hydrogen-bond acceptors (Lipinski definition) is 3. The number of halogens is 2. The summed E-state index contributed by atoms with van der Waals surface area (Å²) in [7, 11) is 0. The monoisotopic (exact) mass is 368 g/mol. The van der Waals surface area contributed by atoms with Crippen molar-refractivity contribution in [3.63, 3.8) is 0 Å². The second-order valence-electron chi connectivity index (χ2n) is 4.28. The van der Waals surface area contributed by atoms with Crippen LogP contribution < -0.4 is 5.32 Å². The predicted octanol–water partition coefficient (Wildman–Crippen LogP) is 3.76. The summed E-state index contributed by atoms with van der Waals surface area (Å²) in [4.78, 5) is 27.1. The highest BCUT2D eigenvalue weighted by molar-refractivity contribution is 9.10. The molecule has 0 aliphatic heterocycles. The summed E-state index contributed by atoms with van der Waals surface area (Å²) in [6, 6.07) is 6.19. The van der Waals surface area contributed by atoms with E-state index in [1.807, 2.05) is 0 Å². The summed E-state index contributed by atoms with van der Waals surface area (Å²) in [5.74, 6) is -1.51. The average Bonchev–Trinajstić information content (AvgIpc) is 2.43. The summed E-state index contributed by atoms with van der Waals surface area (Å²) in [6.07, 6.45) is 1.48. The van der Waals surface area contributed by atoms with Crippen LogP contribution in [0.5, 0.6) is 0 Å². The van der Waals surface area contributed by atoms with Gasteiger partial charge in [0, 0.05) is 16.4 Å². The molecule has 2 aromatic rings. The lowest BCUT2D eigenvalue weighted by Gasteiger charge is -2.09. The molecule has 5 nitrogen and oxygen atoms in total. The van der Waals surface area contributed by atoms with E-state index >= 15 is 0 Å². The molecule has 0 unspecified atom stereocenters. The lowest BCUT2D eigenvalue weighted by Crippen LogP contribution is -2.14. The molecule has 0 atom stereocenters. The van der Waals surface area contributed by atoms with Gasteiger partial charge in [-0.15, -0.1) is 0 Å². The molecule has 0 saturated heterocycles. The second kappa shape index (κ2) is 6.24. The van der Waals surface area contributed by atoms with Crippen molar-refractivity contribution < 1.29 is 14.7 Å². The molecule has 0 aliphatic rings. The van der Waals surface area contributed by atoms with Gasteiger partial charge in [-0.05, 0) is 46.6 Å². The van der Waals surface area contributed by atoms with Crippen LogP contribution in [0, 0.1) is 6.92 Å². The first-order valence-electron chi connectivity index (χ1n) is 5.85. The second-order valence-corrected chi connectivity index (χ2v) is 5.55. The minimum absolute atomic E-state index is 0.0706. The van der Waals surface area contributed by atoms with Gasteiger partial charge >= 0.3 is 5.97 Å². The van der Waals surface area contributed by atoms with Crippen molar-refractivity contribution in [1.29, 1.82) is 0 Å². The number of pyridine rings is 1. The Bertz CT molecular complexity index is 734. The number of hydrogen-bond donors (Lipinski definition) is 2. The molecule has 0 fully saturated rings. The number of amides is 1. The Morgan fingerprint density at radius 1 is 1.29 bits per heavy atom. The van der Waals surface area contributed by atoms with Crippen LogP contribution in [0.1, 0.15) is 26.3 Å². The molecule has 0 radical (unpaired) electrons. The highest BCUT2D eigenvalue weighted by Crippen LogP contribution is 2.21. The van der Waals surface area contributed by atoms with Gasteiger partial charge in [0.1, 0.15) is 5.15 Å². The van der Waals surface area contributed by atoms with Gasteiger partial charge in [0.05, 0.1) is 11.1 Å². The number of nitrogens with one attached hydrogen (secondary N) is 1. The minimum Gasteiger partial charge on any atom is -0.478 e. The fourth-order valence-electron chi connectivity index (χ4n) is 1.71. The van der Waals surface area contributed by atoms with Crippen LogP contribution in [0.25, 0.3) is 0 Å². The minimum atomic E-state index is -1.05. The van der Waals surface area contributed by atoms with E-state index in [-0.39, 0.29) is 16.3 Å². The van der Waals surface area contributed by atoms with Crippen molar-refractivity contribution in [2.75, 3.05) is 5.32 Å². The molecule has 1 heterocycles. The summed E-state index contributed by atoms with van der Waals surface area (Å²) >= 11 is 9.09. The molecule has 0 bridgehead atoms. The molecule has 0 spiro atoms. The number of anilines is 1. The maximum absolute atomic E-state index is 12.1. The summed E-state index contributed by atoms with van der Waals surface area (Å²) in [6.45, 7) is 1.68. The third kappa shape index (κ3) is 3.59. The lowest BCUT2D eigenvalue weighted by molar-refractivity contribution is 0.0695. The molecular weight excluding hydrogens is 360 g/mol. The first-order valence-corrected chi connectivity index (χ1v) is 7.02. The van der Waals surface area contributed by atoms with E-state index in [2.05, 4.69) is 26.2 Å². The lowest BCUT2D eigenvalue weighted by atomic mass is 10.1. The standard InChI is InChI=1S/C14H10BrClN2O3/c1-7-2-3-9(5-10(7)14(20)21)18-13(19)11-4-8(15)6-17-12(11)16/h2-6H,1H3,(H,18,19)(H,20,21). The van der Waals surface area contributed by atoms with Crippen LogP contribution >= 0.6 is 27.5 Å². The van der Waals surface area contributed by atoms with Crippen molar-refractivity contribution in [3.8, 4) is 0 Å². The van der Waals surface area contributed by atoms with E-state index in [4.69, 9.17) is 16.7 Å². The topological polar surface area (TPSA) is 79.3 Å². The molecular formula is C14H10BrClN2O3. The van der Waals surface area contributed by atoms with Gasteiger partial charge in [0.15, 0.2) is 0 Å². The van der Waals surface area contributed by atoms with Gasteiger partial charge in [-0.1, -0.05) is 17.7 Å². The molecule has 21 heavy (non-hydrogen) atoms. The Balaban J connectivity index is 2.29. The van der Waals surface area contributed by atoms with Gasteiger partial charge < -0.3 is 10.4 Å². The van der Waals surface area contributed by atoms with Crippen molar-refractivity contribution in [1.82, 2.24) is 4.98 Å². The number of aromatic carboxylic acids is 1. The van der Waals surface area contributed by atoms with E-state index < -0.39 is 11.9 Å².